The second-order valence-electron chi connectivity index (χ2n) is 13.8. The normalized spacial score (nSPS) is 12.7. The number of imide groups is 1. The fraction of sp³-hybridized carbons (Fsp3) is 0.930. The predicted octanol–water partition coefficient (Wildman–Crippen LogP) is 0.593. The lowest BCUT2D eigenvalue weighted by molar-refractivity contribution is -0.198. The third-order valence-electron chi connectivity index (χ3n) is 8.37. The molecule has 69 heavy (non-hydrogen) atoms. The first-order valence-electron chi connectivity index (χ1n) is 23.6. The van der Waals surface area contributed by atoms with Gasteiger partial charge < -0.3 is 90.1 Å². The van der Waals surface area contributed by atoms with Gasteiger partial charge in [0, 0.05) is 24.3 Å². The van der Waals surface area contributed by atoms with E-state index in [0.717, 1.165) is 0 Å². The van der Waals surface area contributed by atoms with Crippen LogP contribution in [0.2, 0.25) is 0 Å². The molecular formula is C43H80N4O22. The van der Waals surface area contributed by atoms with Crippen molar-refractivity contribution in [3.05, 3.63) is 10.4 Å². The minimum atomic E-state index is -0.704. The molecule has 0 aromatic heterocycles. The lowest BCUT2D eigenvalue weighted by Gasteiger charge is -2.12. The van der Waals surface area contributed by atoms with Crippen LogP contribution in [0.3, 0.4) is 0 Å². The first kappa shape index (κ1) is 64.2. The fourth-order valence-corrected chi connectivity index (χ4v) is 4.95. The zero-order chi connectivity index (χ0) is 49.4. The van der Waals surface area contributed by atoms with E-state index in [1.54, 1.807) is 0 Å². The molecular weight excluding hydrogens is 924 g/mol. The summed E-state index contributed by atoms with van der Waals surface area (Å²) in [6.07, 6.45) is 0.0256. The monoisotopic (exact) mass is 1000 g/mol. The Morgan fingerprint density at radius 1 is 0.348 bits per heavy atom. The highest BCUT2D eigenvalue weighted by Crippen LogP contribution is 2.12. The van der Waals surface area contributed by atoms with Crippen LogP contribution in [-0.4, -0.2) is 267 Å². The summed E-state index contributed by atoms with van der Waals surface area (Å²) >= 11 is 0. The van der Waals surface area contributed by atoms with Gasteiger partial charge in [-0.1, -0.05) is 5.11 Å². The maximum Gasteiger partial charge on any atom is 0.335 e. The molecule has 1 aliphatic heterocycles. The van der Waals surface area contributed by atoms with Gasteiger partial charge in [-0.3, -0.25) is 9.59 Å². The molecule has 0 saturated carbocycles. The van der Waals surface area contributed by atoms with Crippen LogP contribution in [0.25, 0.3) is 10.4 Å². The standard InChI is InChI=1S/C43H80N4O22/c44-46-45-4-6-52-8-10-54-12-14-56-16-18-58-20-22-60-24-26-62-28-30-64-32-34-66-36-38-68-40-39-67-37-35-65-33-31-63-29-27-61-25-23-59-21-19-57-17-15-55-13-11-53-9-7-51-5-3-43(50)69-47-41(48)1-2-42(47)49/h1-40H2. The van der Waals surface area contributed by atoms with Gasteiger partial charge in [0.25, 0.3) is 11.8 Å². The third-order valence-corrected chi connectivity index (χ3v) is 8.37. The van der Waals surface area contributed by atoms with E-state index in [4.69, 9.17) is 95.6 Å². The Kier molecular flexibility index (Phi) is 50.7. The second-order valence-corrected chi connectivity index (χ2v) is 13.8. The summed E-state index contributed by atoms with van der Waals surface area (Å²) in [7, 11) is 0. The number of amides is 2. The number of carbonyl (C=O) groups excluding carboxylic acids is 3. The van der Waals surface area contributed by atoms with Crippen LogP contribution < -0.4 is 0 Å². The molecule has 0 aromatic rings. The number of ether oxygens (including phenoxy) is 18. The van der Waals surface area contributed by atoms with Crippen molar-refractivity contribution in [3.8, 4) is 0 Å². The van der Waals surface area contributed by atoms with Crippen LogP contribution in [0.1, 0.15) is 19.3 Å². The fourth-order valence-electron chi connectivity index (χ4n) is 4.95. The first-order valence-corrected chi connectivity index (χ1v) is 23.6. The van der Waals surface area contributed by atoms with Crippen molar-refractivity contribution in [3.63, 3.8) is 0 Å². The zero-order valence-electron chi connectivity index (χ0n) is 40.6. The molecule has 0 bridgehead atoms. The maximum absolute atomic E-state index is 11.7. The van der Waals surface area contributed by atoms with E-state index in [2.05, 4.69) is 10.0 Å². The topological polar surface area (TPSA) is 279 Å². The molecule has 1 heterocycles. The number of carbonyl (C=O) groups is 3. The summed E-state index contributed by atoms with van der Waals surface area (Å²) in [6.45, 7) is 16.2. The van der Waals surface area contributed by atoms with Crippen molar-refractivity contribution in [2.24, 2.45) is 5.11 Å². The molecule has 1 fully saturated rings. The van der Waals surface area contributed by atoms with Gasteiger partial charge in [-0.25, -0.2) is 4.79 Å². The van der Waals surface area contributed by atoms with Crippen molar-refractivity contribution >= 4 is 17.8 Å². The minimum Gasteiger partial charge on any atom is -0.379 e. The number of hydrogen-bond acceptors (Lipinski definition) is 23. The smallest absolute Gasteiger partial charge is 0.335 e. The highest BCUT2D eigenvalue weighted by atomic mass is 16.7. The lowest BCUT2D eigenvalue weighted by Crippen LogP contribution is -2.32. The van der Waals surface area contributed by atoms with Crippen LogP contribution in [0.4, 0.5) is 0 Å². The largest absolute Gasteiger partial charge is 0.379 e. The average Bonchev–Trinajstić information content (AvgIpc) is 3.67. The van der Waals surface area contributed by atoms with Crippen LogP contribution >= 0.6 is 0 Å². The van der Waals surface area contributed by atoms with Gasteiger partial charge in [0.2, 0.25) is 0 Å². The molecule has 0 radical (unpaired) electrons. The summed E-state index contributed by atoms with van der Waals surface area (Å²) in [6, 6.07) is 0. The van der Waals surface area contributed by atoms with E-state index >= 15 is 0 Å². The lowest BCUT2D eigenvalue weighted by atomic mass is 10.4. The van der Waals surface area contributed by atoms with Gasteiger partial charge in [0.05, 0.1) is 244 Å². The molecule has 404 valence electrons. The summed E-state index contributed by atoms with van der Waals surface area (Å²) in [5.74, 6) is -1.73. The Hall–Kier alpha value is -2.80. The van der Waals surface area contributed by atoms with Gasteiger partial charge in [-0.05, 0) is 5.53 Å². The number of nitrogens with zero attached hydrogens (tertiary/aromatic N) is 4. The van der Waals surface area contributed by atoms with Crippen molar-refractivity contribution in [2.45, 2.75) is 19.3 Å². The predicted molar refractivity (Wildman–Crippen MR) is 241 cm³/mol. The minimum absolute atomic E-state index is 0.0532. The Bertz CT molecular complexity index is 1180. The summed E-state index contributed by atoms with van der Waals surface area (Å²) in [4.78, 5) is 41.9. The highest BCUT2D eigenvalue weighted by molar-refractivity contribution is 6.01. The van der Waals surface area contributed by atoms with Crippen LogP contribution in [0.5, 0.6) is 0 Å². The first-order chi connectivity index (χ1) is 34.1. The molecule has 0 spiro atoms. The van der Waals surface area contributed by atoms with Crippen molar-refractivity contribution < 1.29 is 104 Å². The Balaban J connectivity index is 1.61. The van der Waals surface area contributed by atoms with Crippen LogP contribution in [0, 0.1) is 0 Å². The van der Waals surface area contributed by atoms with Crippen molar-refractivity contribution in [2.75, 3.05) is 244 Å². The van der Waals surface area contributed by atoms with Gasteiger partial charge >= 0.3 is 5.97 Å². The number of rotatable bonds is 58. The molecule has 0 aliphatic carbocycles. The SMILES string of the molecule is [N-]=[N+]=NCCOCCOCCOCCOCCOCCOCCOCCOCCOCCOCCOCCOCCOCCOCCOCCOCCOCCOCCC(=O)ON1C(=O)CCC1=O. The highest BCUT2D eigenvalue weighted by Gasteiger charge is 2.32. The van der Waals surface area contributed by atoms with E-state index in [9.17, 15) is 14.4 Å². The molecule has 0 aromatic carbocycles. The third kappa shape index (κ3) is 48.6. The molecule has 1 saturated heterocycles. The van der Waals surface area contributed by atoms with Gasteiger partial charge in [-0.2, -0.15) is 0 Å². The van der Waals surface area contributed by atoms with Gasteiger partial charge in [0.15, 0.2) is 0 Å². The quantitative estimate of drug-likeness (QED) is 0.0265. The maximum atomic E-state index is 11.7. The van der Waals surface area contributed by atoms with Crippen LogP contribution in [-0.2, 0) is 104 Å². The number of azide groups is 1. The van der Waals surface area contributed by atoms with E-state index in [-0.39, 0.29) is 32.5 Å². The summed E-state index contributed by atoms with van der Waals surface area (Å²) in [5.41, 5.74) is 8.16. The Morgan fingerprint density at radius 3 is 0.739 bits per heavy atom. The van der Waals surface area contributed by atoms with E-state index in [1.165, 1.54) is 0 Å². The zero-order valence-corrected chi connectivity index (χ0v) is 40.6. The van der Waals surface area contributed by atoms with E-state index in [1.807, 2.05) is 0 Å². The summed E-state index contributed by atoms with van der Waals surface area (Å²) < 4.78 is 98.0. The van der Waals surface area contributed by atoms with E-state index < -0.39 is 17.8 Å². The van der Waals surface area contributed by atoms with Gasteiger partial charge in [0.1, 0.15) is 0 Å². The molecule has 2 amide bonds. The number of hydroxylamine groups is 2. The molecule has 0 N–H and O–H groups in total. The number of hydrogen-bond donors (Lipinski definition) is 0. The molecule has 1 aliphatic rings. The Morgan fingerprint density at radius 2 is 0.536 bits per heavy atom. The molecule has 26 nitrogen and oxygen atoms in total. The van der Waals surface area contributed by atoms with Crippen LogP contribution in [0.15, 0.2) is 5.11 Å². The average molecular weight is 1010 g/mol. The molecule has 26 heteroatoms. The Labute approximate surface area is 406 Å². The second kappa shape index (κ2) is 54.5. The van der Waals surface area contributed by atoms with Crippen molar-refractivity contribution in [1.29, 1.82) is 0 Å². The molecule has 0 unspecified atom stereocenters. The molecule has 0 atom stereocenters. The molecule has 1 rings (SSSR count). The van der Waals surface area contributed by atoms with E-state index in [0.29, 0.717) is 236 Å². The van der Waals surface area contributed by atoms with Gasteiger partial charge in [-0.15, -0.1) is 5.06 Å². The van der Waals surface area contributed by atoms with Crippen molar-refractivity contribution in [1.82, 2.24) is 5.06 Å². The summed E-state index contributed by atoms with van der Waals surface area (Å²) in [5, 5.41) is 3.89.